The highest BCUT2D eigenvalue weighted by atomic mass is 19.1. The highest BCUT2D eigenvalue weighted by molar-refractivity contribution is 5.43. The molecule has 1 N–H and O–H groups in total. The highest BCUT2D eigenvalue weighted by Gasteiger charge is 2.09. The summed E-state index contributed by atoms with van der Waals surface area (Å²) in [6.45, 7) is 2.10. The number of aromatic nitrogens is 1. The molecule has 1 aromatic heterocycles. The van der Waals surface area contributed by atoms with Crippen LogP contribution in [0.2, 0.25) is 0 Å². The quantitative estimate of drug-likeness (QED) is 0.830. The van der Waals surface area contributed by atoms with Gasteiger partial charge in [-0.1, -0.05) is 19.1 Å². The van der Waals surface area contributed by atoms with Gasteiger partial charge in [0.05, 0.1) is 25.0 Å². The molecule has 1 atom stereocenters. The number of hydrogen-bond donors (Lipinski definition) is 1. The van der Waals surface area contributed by atoms with E-state index in [1.165, 1.54) is 12.3 Å². The number of anilines is 1. The molecule has 1 unspecified atom stereocenters. The van der Waals surface area contributed by atoms with Crippen molar-refractivity contribution in [2.45, 2.75) is 19.4 Å². The lowest BCUT2D eigenvalue weighted by atomic mass is 10.0. The fraction of sp³-hybridized carbons (Fsp3) is 0.267. The summed E-state index contributed by atoms with van der Waals surface area (Å²) in [5, 5.41) is 3.34. The van der Waals surface area contributed by atoms with E-state index in [0.29, 0.717) is 0 Å². The maximum atomic E-state index is 12.8. The minimum absolute atomic E-state index is 0.165. The topological polar surface area (TPSA) is 34.2 Å². The van der Waals surface area contributed by atoms with E-state index in [-0.39, 0.29) is 6.04 Å². The van der Waals surface area contributed by atoms with E-state index in [9.17, 15) is 4.39 Å². The van der Waals surface area contributed by atoms with E-state index in [0.717, 1.165) is 23.4 Å². The van der Waals surface area contributed by atoms with Gasteiger partial charge in [-0.3, -0.25) is 0 Å². The second-order valence-corrected chi connectivity index (χ2v) is 4.25. The SMILES string of the molecule is CCC(Nc1ccc(F)nc1)c1ccc(OC)cc1. The van der Waals surface area contributed by atoms with Gasteiger partial charge in [0, 0.05) is 0 Å². The van der Waals surface area contributed by atoms with Crippen LogP contribution in [0.3, 0.4) is 0 Å². The average molecular weight is 260 g/mol. The zero-order valence-corrected chi connectivity index (χ0v) is 11.1. The van der Waals surface area contributed by atoms with Gasteiger partial charge in [-0.25, -0.2) is 4.98 Å². The summed E-state index contributed by atoms with van der Waals surface area (Å²) in [5.41, 5.74) is 1.97. The molecule has 2 aromatic rings. The molecule has 0 saturated heterocycles. The van der Waals surface area contributed by atoms with Crippen molar-refractivity contribution in [3.8, 4) is 5.75 Å². The van der Waals surface area contributed by atoms with E-state index in [1.807, 2.05) is 24.3 Å². The highest BCUT2D eigenvalue weighted by Crippen LogP contribution is 2.24. The molecule has 0 amide bonds. The molecule has 0 aliphatic heterocycles. The Kier molecular flexibility index (Phi) is 4.34. The fourth-order valence-corrected chi connectivity index (χ4v) is 1.92. The van der Waals surface area contributed by atoms with Gasteiger partial charge < -0.3 is 10.1 Å². The van der Waals surface area contributed by atoms with E-state index >= 15 is 0 Å². The predicted octanol–water partition coefficient (Wildman–Crippen LogP) is 3.79. The predicted molar refractivity (Wildman–Crippen MR) is 73.8 cm³/mol. The summed E-state index contributed by atoms with van der Waals surface area (Å²) in [4.78, 5) is 3.64. The van der Waals surface area contributed by atoms with Crippen LogP contribution in [0.15, 0.2) is 42.6 Å². The van der Waals surface area contributed by atoms with Crippen molar-refractivity contribution in [2.75, 3.05) is 12.4 Å². The molecule has 19 heavy (non-hydrogen) atoms. The number of ether oxygens (including phenoxy) is 1. The van der Waals surface area contributed by atoms with Crippen molar-refractivity contribution in [2.24, 2.45) is 0 Å². The largest absolute Gasteiger partial charge is 0.497 e. The molecule has 1 heterocycles. The smallest absolute Gasteiger partial charge is 0.212 e. The van der Waals surface area contributed by atoms with Crippen LogP contribution < -0.4 is 10.1 Å². The van der Waals surface area contributed by atoms with Crippen LogP contribution in [0, 0.1) is 5.95 Å². The number of hydrogen-bond acceptors (Lipinski definition) is 3. The van der Waals surface area contributed by atoms with Gasteiger partial charge in [0.1, 0.15) is 5.75 Å². The minimum Gasteiger partial charge on any atom is -0.497 e. The van der Waals surface area contributed by atoms with E-state index in [1.54, 1.807) is 13.2 Å². The number of pyridine rings is 1. The lowest BCUT2D eigenvalue weighted by molar-refractivity contribution is 0.414. The molecule has 1 aromatic carbocycles. The molecule has 0 aliphatic rings. The van der Waals surface area contributed by atoms with Crippen LogP contribution in [-0.2, 0) is 0 Å². The number of methoxy groups -OCH3 is 1. The normalized spacial score (nSPS) is 11.9. The van der Waals surface area contributed by atoms with Gasteiger partial charge in [-0.2, -0.15) is 4.39 Å². The van der Waals surface area contributed by atoms with Crippen LogP contribution in [-0.4, -0.2) is 12.1 Å². The first-order valence-electron chi connectivity index (χ1n) is 6.25. The van der Waals surface area contributed by atoms with Crippen molar-refractivity contribution in [1.29, 1.82) is 0 Å². The minimum atomic E-state index is -0.469. The second-order valence-electron chi connectivity index (χ2n) is 4.25. The Bertz CT molecular complexity index is 511. The first-order valence-corrected chi connectivity index (χ1v) is 6.25. The lowest BCUT2D eigenvalue weighted by Crippen LogP contribution is -2.09. The summed E-state index contributed by atoms with van der Waals surface area (Å²) < 4.78 is 17.9. The molecule has 0 spiro atoms. The van der Waals surface area contributed by atoms with Crippen LogP contribution >= 0.6 is 0 Å². The van der Waals surface area contributed by atoms with Crippen LogP contribution in [0.25, 0.3) is 0 Å². The Morgan fingerprint density at radius 2 is 1.95 bits per heavy atom. The monoisotopic (exact) mass is 260 g/mol. The molecule has 0 saturated carbocycles. The van der Waals surface area contributed by atoms with Gasteiger partial charge >= 0.3 is 0 Å². The first kappa shape index (κ1) is 13.3. The molecular formula is C15H17FN2O. The summed E-state index contributed by atoms with van der Waals surface area (Å²) in [5.74, 6) is 0.366. The Labute approximate surface area is 112 Å². The van der Waals surface area contributed by atoms with Crippen LogP contribution in [0.4, 0.5) is 10.1 Å². The number of benzene rings is 1. The Balaban J connectivity index is 2.12. The number of nitrogens with zero attached hydrogens (tertiary/aromatic N) is 1. The second kappa shape index (κ2) is 6.18. The molecule has 0 bridgehead atoms. The number of nitrogens with one attached hydrogen (secondary N) is 1. The molecule has 4 heteroatoms. The zero-order chi connectivity index (χ0) is 13.7. The molecule has 0 aliphatic carbocycles. The first-order chi connectivity index (χ1) is 9.22. The zero-order valence-electron chi connectivity index (χ0n) is 11.1. The maximum Gasteiger partial charge on any atom is 0.212 e. The Morgan fingerprint density at radius 1 is 1.21 bits per heavy atom. The van der Waals surface area contributed by atoms with E-state index in [2.05, 4.69) is 17.2 Å². The third-order valence-electron chi connectivity index (χ3n) is 2.99. The van der Waals surface area contributed by atoms with Crippen molar-refractivity contribution in [1.82, 2.24) is 4.98 Å². The van der Waals surface area contributed by atoms with Gasteiger partial charge in [0.15, 0.2) is 0 Å². The fourth-order valence-electron chi connectivity index (χ4n) is 1.92. The Morgan fingerprint density at radius 3 is 2.47 bits per heavy atom. The molecule has 0 radical (unpaired) electrons. The van der Waals surface area contributed by atoms with E-state index in [4.69, 9.17) is 4.74 Å². The van der Waals surface area contributed by atoms with Gasteiger partial charge in [-0.05, 0) is 36.2 Å². The van der Waals surface area contributed by atoms with Crippen molar-refractivity contribution in [3.63, 3.8) is 0 Å². The summed E-state index contributed by atoms with van der Waals surface area (Å²) in [6, 6.07) is 11.1. The summed E-state index contributed by atoms with van der Waals surface area (Å²) in [7, 11) is 1.65. The lowest BCUT2D eigenvalue weighted by Gasteiger charge is -2.18. The number of halogens is 1. The third kappa shape index (κ3) is 3.44. The summed E-state index contributed by atoms with van der Waals surface area (Å²) in [6.07, 6.45) is 2.42. The van der Waals surface area contributed by atoms with Crippen molar-refractivity contribution >= 4 is 5.69 Å². The van der Waals surface area contributed by atoms with Gasteiger partial charge in [0.2, 0.25) is 5.95 Å². The average Bonchev–Trinajstić information content (AvgIpc) is 2.47. The third-order valence-corrected chi connectivity index (χ3v) is 2.99. The van der Waals surface area contributed by atoms with Crippen LogP contribution in [0.1, 0.15) is 24.9 Å². The van der Waals surface area contributed by atoms with Gasteiger partial charge in [-0.15, -0.1) is 0 Å². The molecule has 2 rings (SSSR count). The standard InChI is InChI=1S/C15H17FN2O/c1-3-14(11-4-7-13(19-2)8-5-11)18-12-6-9-15(16)17-10-12/h4-10,14,18H,3H2,1-2H3. The van der Waals surface area contributed by atoms with Gasteiger partial charge in [0.25, 0.3) is 0 Å². The molecule has 0 fully saturated rings. The van der Waals surface area contributed by atoms with Crippen LogP contribution in [0.5, 0.6) is 5.75 Å². The summed E-state index contributed by atoms with van der Waals surface area (Å²) >= 11 is 0. The number of rotatable bonds is 5. The van der Waals surface area contributed by atoms with Crippen molar-refractivity contribution < 1.29 is 9.13 Å². The molecular weight excluding hydrogens is 243 g/mol. The molecule has 3 nitrogen and oxygen atoms in total. The van der Waals surface area contributed by atoms with E-state index < -0.39 is 5.95 Å². The Hall–Kier alpha value is -2.10. The maximum absolute atomic E-state index is 12.8. The van der Waals surface area contributed by atoms with Crippen molar-refractivity contribution in [3.05, 3.63) is 54.1 Å². The molecule has 100 valence electrons.